The maximum Gasteiger partial charge on any atom is 0.511 e. The van der Waals surface area contributed by atoms with Crippen LogP contribution < -0.4 is 9.47 Å². The number of hydrogen-bond acceptors (Lipinski definition) is 5. The Bertz CT molecular complexity index is 442. The molecular weight excluding hydrogens is 335 g/mol. The fourth-order valence-corrected chi connectivity index (χ4v) is 1.82. The highest BCUT2D eigenvalue weighted by atomic mass is 127. The Balaban J connectivity index is 3.01. The van der Waals surface area contributed by atoms with Gasteiger partial charge in [-0.05, 0) is 12.1 Å². The van der Waals surface area contributed by atoms with Crippen LogP contribution in [-0.4, -0.2) is 22.5 Å². The summed E-state index contributed by atoms with van der Waals surface area (Å²) in [5, 5.41) is 16.7. The van der Waals surface area contributed by atoms with Crippen molar-refractivity contribution in [2.24, 2.45) is 0 Å². The highest BCUT2D eigenvalue weighted by molar-refractivity contribution is 14.1. The van der Waals surface area contributed by atoms with Crippen LogP contribution in [0.25, 0.3) is 0 Å². The molecule has 0 aliphatic rings. The summed E-state index contributed by atoms with van der Waals surface area (Å²) in [5.41, 5.74) is 0. The van der Waals surface area contributed by atoms with E-state index in [9.17, 15) is 12.7 Å². The fraction of sp³-hybridized carbons (Fsp3) is 0. The second-order valence-electron chi connectivity index (χ2n) is 2.41. The number of benzene rings is 1. The monoisotopic (exact) mass is 340 g/mol. The van der Waals surface area contributed by atoms with E-state index in [1.807, 2.05) is 0 Å². The van der Waals surface area contributed by atoms with E-state index in [1.54, 1.807) is 0 Å². The maximum absolute atomic E-state index is 10.8. The van der Waals surface area contributed by atoms with E-state index in [-0.39, 0.29) is 15.1 Å². The molecule has 0 fully saturated rings. The summed E-state index contributed by atoms with van der Waals surface area (Å²) in [6, 6.07) is 3.54. The quantitative estimate of drug-likeness (QED) is 0.493. The van der Waals surface area contributed by atoms with Gasteiger partial charge in [-0.3, -0.25) is 3.07 Å². The van der Waals surface area contributed by atoms with Crippen LogP contribution in [0, 0.1) is 3.57 Å². The number of carboxylic acid groups (broad SMARTS) is 2. The van der Waals surface area contributed by atoms with Crippen LogP contribution in [0.3, 0.4) is 0 Å². The molecule has 0 aliphatic heterocycles. The molecule has 86 valence electrons. The first-order valence-corrected chi connectivity index (χ1v) is 5.71. The smallest absolute Gasteiger partial charge is 0.449 e. The van der Waals surface area contributed by atoms with Gasteiger partial charge < -0.3 is 19.7 Å². The Labute approximate surface area is 99.2 Å². The zero-order chi connectivity index (χ0) is 12.1. The van der Waals surface area contributed by atoms with Crippen LogP contribution in [0.15, 0.2) is 18.2 Å². The first-order chi connectivity index (χ1) is 7.52. The molecule has 0 atom stereocenters. The average molecular weight is 340 g/mol. The highest BCUT2D eigenvalue weighted by Crippen LogP contribution is 2.28. The predicted octanol–water partition coefficient (Wildman–Crippen LogP) is 2.29. The number of hydrogen-bond donors (Lipinski definition) is 2. The summed E-state index contributed by atoms with van der Waals surface area (Å²) in [6.45, 7) is 0. The summed E-state index contributed by atoms with van der Waals surface area (Å²) in [7, 11) is 0. The molecule has 0 aliphatic carbocycles. The summed E-state index contributed by atoms with van der Waals surface area (Å²) in [6.07, 6.45) is -3.05. The molecule has 16 heavy (non-hydrogen) atoms. The van der Waals surface area contributed by atoms with E-state index in [2.05, 4.69) is 9.47 Å². The van der Waals surface area contributed by atoms with Crippen molar-refractivity contribution in [3.63, 3.8) is 0 Å². The molecule has 0 aromatic heterocycles. The van der Waals surface area contributed by atoms with E-state index in [4.69, 9.17) is 10.2 Å². The van der Waals surface area contributed by atoms with Crippen LogP contribution in [0.4, 0.5) is 9.59 Å². The summed E-state index contributed by atoms with van der Waals surface area (Å²) in [5.74, 6) is -0.135. The van der Waals surface area contributed by atoms with E-state index in [1.165, 1.54) is 12.1 Å². The molecule has 0 spiro atoms. The molecule has 1 rings (SSSR count). The van der Waals surface area contributed by atoms with Gasteiger partial charge in [0.1, 0.15) is 5.75 Å². The molecule has 0 heterocycles. The lowest BCUT2D eigenvalue weighted by Crippen LogP contribution is -2.06. The zero-order valence-electron chi connectivity index (χ0n) is 7.55. The van der Waals surface area contributed by atoms with Gasteiger partial charge in [-0.2, -0.15) is 0 Å². The van der Waals surface area contributed by atoms with Crippen molar-refractivity contribution in [2.45, 2.75) is 0 Å². The first-order valence-electron chi connectivity index (χ1n) is 3.75. The molecule has 1 aromatic carbocycles. The van der Waals surface area contributed by atoms with Crippen molar-refractivity contribution >= 4 is 33.5 Å². The largest absolute Gasteiger partial charge is 0.511 e. The van der Waals surface area contributed by atoms with Gasteiger partial charge in [0.2, 0.25) is 0 Å². The molecule has 8 heteroatoms. The van der Waals surface area contributed by atoms with Crippen molar-refractivity contribution in [1.29, 1.82) is 0 Å². The van der Waals surface area contributed by atoms with Gasteiger partial charge >= 0.3 is 12.3 Å². The van der Waals surface area contributed by atoms with E-state index < -0.39 is 33.5 Å². The molecule has 7 nitrogen and oxygen atoms in total. The number of ether oxygens (including phenoxy) is 2. The molecule has 2 N–H and O–H groups in total. The second kappa shape index (κ2) is 5.39. The molecule has 0 bridgehead atoms. The van der Waals surface area contributed by atoms with Gasteiger partial charge in [0.15, 0.2) is 26.9 Å². The standard InChI is InChI=1S/C8H5IO7/c10-7(11)15-4-1-2-6(16-8(12)13)5(3-4)9-14/h1-3H,(H,10,11)(H,12,13). The number of carbonyl (C=O) groups is 2. The van der Waals surface area contributed by atoms with Gasteiger partial charge in [0.25, 0.3) is 0 Å². The minimum atomic E-state index is -1.70. The minimum Gasteiger partial charge on any atom is -0.449 e. The van der Waals surface area contributed by atoms with Crippen LogP contribution in [0.5, 0.6) is 11.5 Å². The Morgan fingerprint density at radius 2 is 1.75 bits per heavy atom. The molecule has 0 amide bonds. The lowest BCUT2D eigenvalue weighted by Gasteiger charge is -2.04. The van der Waals surface area contributed by atoms with Crippen molar-refractivity contribution in [1.82, 2.24) is 0 Å². The van der Waals surface area contributed by atoms with Crippen molar-refractivity contribution < 1.29 is 32.3 Å². The maximum atomic E-state index is 10.8. The third kappa shape index (κ3) is 3.46. The SMILES string of the molecule is O=Ic1cc(OC(=O)O)ccc1OC(=O)O. The van der Waals surface area contributed by atoms with Gasteiger partial charge in [-0.1, -0.05) is 0 Å². The van der Waals surface area contributed by atoms with Crippen LogP contribution in [-0.2, 0) is 3.07 Å². The van der Waals surface area contributed by atoms with Crippen LogP contribution in [0.2, 0.25) is 0 Å². The molecule has 0 radical (unpaired) electrons. The summed E-state index contributed by atoms with van der Waals surface area (Å²) >= 11 is -1.70. The molecule has 0 unspecified atom stereocenters. The van der Waals surface area contributed by atoms with Crippen molar-refractivity contribution in [2.75, 3.05) is 0 Å². The third-order valence-electron chi connectivity index (χ3n) is 1.39. The molecule has 1 aromatic rings. The Morgan fingerprint density at radius 3 is 2.25 bits per heavy atom. The first kappa shape index (κ1) is 12.4. The van der Waals surface area contributed by atoms with Gasteiger partial charge in [0.05, 0.1) is 3.57 Å². The van der Waals surface area contributed by atoms with Crippen molar-refractivity contribution in [3.8, 4) is 11.5 Å². The summed E-state index contributed by atoms with van der Waals surface area (Å²) in [4.78, 5) is 20.5. The van der Waals surface area contributed by atoms with Gasteiger partial charge in [-0.15, -0.1) is 0 Å². The van der Waals surface area contributed by atoms with E-state index in [0.29, 0.717) is 0 Å². The van der Waals surface area contributed by atoms with Crippen molar-refractivity contribution in [3.05, 3.63) is 21.8 Å². The third-order valence-corrected chi connectivity index (χ3v) is 2.71. The number of halogens is 1. The lowest BCUT2D eigenvalue weighted by atomic mass is 10.3. The molecule has 0 saturated carbocycles. The van der Waals surface area contributed by atoms with Gasteiger partial charge in [0, 0.05) is 6.07 Å². The highest BCUT2D eigenvalue weighted by Gasteiger charge is 2.11. The molecular formula is C8H5IO7. The Kier molecular flexibility index (Phi) is 4.17. The Morgan fingerprint density at radius 1 is 1.12 bits per heavy atom. The van der Waals surface area contributed by atoms with E-state index in [0.717, 1.165) is 6.07 Å². The average Bonchev–Trinajstić information content (AvgIpc) is 2.18. The molecule has 0 saturated heterocycles. The van der Waals surface area contributed by atoms with E-state index >= 15 is 0 Å². The topological polar surface area (TPSA) is 110 Å². The number of rotatable bonds is 3. The minimum absolute atomic E-state index is 0.0456. The lowest BCUT2D eigenvalue weighted by molar-refractivity contribution is 0.141. The van der Waals surface area contributed by atoms with Gasteiger partial charge in [-0.25, -0.2) is 9.59 Å². The van der Waals surface area contributed by atoms with Crippen LogP contribution in [0.1, 0.15) is 0 Å². The fourth-order valence-electron chi connectivity index (χ4n) is 0.883. The Hall–Kier alpha value is -1.71. The summed E-state index contributed by atoms with van der Waals surface area (Å²) < 4.78 is 19.6. The predicted molar refractivity (Wildman–Crippen MR) is 57.2 cm³/mol. The second-order valence-corrected chi connectivity index (χ2v) is 4.01. The normalized spacial score (nSPS) is 9.50. The van der Waals surface area contributed by atoms with Crippen LogP contribution >= 0.6 is 21.2 Å². The zero-order valence-corrected chi connectivity index (χ0v) is 9.70.